The van der Waals surface area contributed by atoms with E-state index in [1.807, 2.05) is 0 Å². The molecule has 0 aromatic heterocycles. The van der Waals surface area contributed by atoms with Gasteiger partial charge in [-0.15, -0.1) is 0 Å². The van der Waals surface area contributed by atoms with Crippen LogP contribution in [0.5, 0.6) is 0 Å². The molecule has 17 nitrogen and oxygen atoms in total. The standard InChI is InChI=1S/C67H130O17P2/c1-9-60(8)46-38-30-21-16-18-24-33-41-49-66(71)83-62(53-78-65(70)48-40-32-23-17-15-20-28-36-44-58(4)5)55-81-85(73,74)79-51-61(68)52-80-86(75,76)82-56-63(84-67(72)50-42-34-26-25-29-37-45-59(6)7)54-77-64(69)47-39-31-22-14-12-10-11-13-19-27-35-43-57(2)3/h57-63,68H,9-56H2,1-8H3,(H,73,74)(H,75,76)/t60?,61?,62-,63-/m1/s1. The molecule has 0 radical (unpaired) electrons. The molecule has 86 heavy (non-hydrogen) atoms. The molecule has 0 saturated heterocycles. The third-order valence-corrected chi connectivity index (χ3v) is 17.6. The molecule has 0 aliphatic heterocycles. The van der Waals surface area contributed by atoms with Crippen LogP contribution in [0.4, 0.5) is 0 Å². The lowest BCUT2D eigenvalue weighted by atomic mass is 9.99. The Bertz CT molecular complexity index is 1720. The van der Waals surface area contributed by atoms with E-state index in [1.54, 1.807) is 0 Å². The van der Waals surface area contributed by atoms with Crippen LogP contribution in [0, 0.1) is 23.7 Å². The molecule has 0 saturated carbocycles. The summed E-state index contributed by atoms with van der Waals surface area (Å²) in [6.07, 6.45) is 37.7. The summed E-state index contributed by atoms with van der Waals surface area (Å²) >= 11 is 0. The third kappa shape index (κ3) is 59.7. The number of hydrogen-bond donors (Lipinski definition) is 3. The minimum Gasteiger partial charge on any atom is -0.462 e. The van der Waals surface area contributed by atoms with Crippen LogP contribution in [0.3, 0.4) is 0 Å². The Hall–Kier alpha value is -1.94. The van der Waals surface area contributed by atoms with Gasteiger partial charge in [0, 0.05) is 25.7 Å². The molecule has 0 amide bonds. The molecule has 19 heteroatoms. The molecular formula is C67H130O17P2. The molecule has 510 valence electrons. The van der Waals surface area contributed by atoms with Gasteiger partial charge >= 0.3 is 39.5 Å². The van der Waals surface area contributed by atoms with Gasteiger partial charge in [0.25, 0.3) is 0 Å². The van der Waals surface area contributed by atoms with E-state index in [4.69, 9.17) is 37.0 Å². The van der Waals surface area contributed by atoms with Crippen molar-refractivity contribution in [3.63, 3.8) is 0 Å². The summed E-state index contributed by atoms with van der Waals surface area (Å²) in [4.78, 5) is 72.3. The predicted molar refractivity (Wildman–Crippen MR) is 344 cm³/mol. The van der Waals surface area contributed by atoms with Gasteiger partial charge in [-0.2, -0.15) is 0 Å². The molecule has 0 aromatic rings. The Morgan fingerprint density at radius 3 is 0.826 bits per heavy atom. The number of rotatable bonds is 64. The molecule has 0 rings (SSSR count). The second-order valence-corrected chi connectivity index (χ2v) is 28.8. The molecule has 0 heterocycles. The van der Waals surface area contributed by atoms with E-state index < -0.39 is 97.5 Å². The van der Waals surface area contributed by atoms with Crippen LogP contribution >= 0.6 is 15.6 Å². The molecule has 3 N–H and O–H groups in total. The molecule has 0 aromatic carbocycles. The summed E-state index contributed by atoms with van der Waals surface area (Å²) in [7, 11) is -9.90. The molecule has 0 aliphatic rings. The molecular weight excluding hydrogens is 1140 g/mol. The number of aliphatic hydroxyl groups excluding tert-OH is 1. The zero-order valence-corrected chi connectivity index (χ0v) is 57.7. The molecule has 0 fully saturated rings. The summed E-state index contributed by atoms with van der Waals surface area (Å²) in [5.74, 6) is 0.797. The summed E-state index contributed by atoms with van der Waals surface area (Å²) in [5, 5.41) is 10.6. The predicted octanol–water partition coefficient (Wildman–Crippen LogP) is 18.5. The largest absolute Gasteiger partial charge is 0.472 e. The first kappa shape index (κ1) is 84.1. The number of carbonyl (C=O) groups is 4. The second kappa shape index (κ2) is 57.0. The van der Waals surface area contributed by atoms with Crippen LogP contribution in [0.1, 0.15) is 325 Å². The van der Waals surface area contributed by atoms with E-state index in [0.29, 0.717) is 31.6 Å². The molecule has 4 unspecified atom stereocenters. The number of aliphatic hydroxyl groups is 1. The average Bonchev–Trinajstić information content (AvgIpc) is 3.67. The highest BCUT2D eigenvalue weighted by Crippen LogP contribution is 2.45. The Morgan fingerprint density at radius 2 is 0.558 bits per heavy atom. The van der Waals surface area contributed by atoms with E-state index in [2.05, 4.69) is 55.4 Å². The number of phosphoric ester groups is 2. The summed E-state index contributed by atoms with van der Waals surface area (Å²) in [5.41, 5.74) is 0. The van der Waals surface area contributed by atoms with Crippen LogP contribution in [0.2, 0.25) is 0 Å². The summed E-state index contributed by atoms with van der Waals surface area (Å²) in [6, 6.07) is 0. The monoisotopic (exact) mass is 1270 g/mol. The number of ether oxygens (including phenoxy) is 4. The maximum Gasteiger partial charge on any atom is 0.472 e. The van der Waals surface area contributed by atoms with Gasteiger partial charge in [0.2, 0.25) is 0 Å². The van der Waals surface area contributed by atoms with E-state index >= 15 is 0 Å². The van der Waals surface area contributed by atoms with Gasteiger partial charge in [-0.25, -0.2) is 9.13 Å². The van der Waals surface area contributed by atoms with Gasteiger partial charge in [0.15, 0.2) is 12.2 Å². The van der Waals surface area contributed by atoms with E-state index in [0.717, 1.165) is 108 Å². The van der Waals surface area contributed by atoms with Crippen molar-refractivity contribution in [2.24, 2.45) is 23.7 Å². The highest BCUT2D eigenvalue weighted by Gasteiger charge is 2.30. The number of esters is 4. The fourth-order valence-electron chi connectivity index (χ4n) is 9.93. The molecule has 0 spiro atoms. The van der Waals surface area contributed by atoms with Crippen molar-refractivity contribution in [3.8, 4) is 0 Å². The first-order valence-corrected chi connectivity index (χ1v) is 37.7. The van der Waals surface area contributed by atoms with Crippen molar-refractivity contribution < 1.29 is 80.2 Å². The lowest BCUT2D eigenvalue weighted by Gasteiger charge is -2.21. The Kier molecular flexibility index (Phi) is 55.7. The molecule has 0 bridgehead atoms. The maximum atomic E-state index is 13.0. The van der Waals surface area contributed by atoms with Gasteiger partial charge < -0.3 is 33.8 Å². The van der Waals surface area contributed by atoms with Crippen molar-refractivity contribution in [1.82, 2.24) is 0 Å². The van der Waals surface area contributed by atoms with Crippen LogP contribution in [-0.4, -0.2) is 96.7 Å². The first-order chi connectivity index (χ1) is 41.1. The lowest BCUT2D eigenvalue weighted by Crippen LogP contribution is -2.30. The van der Waals surface area contributed by atoms with Crippen molar-refractivity contribution in [1.29, 1.82) is 0 Å². The van der Waals surface area contributed by atoms with Gasteiger partial charge in [-0.1, -0.05) is 274 Å². The van der Waals surface area contributed by atoms with Gasteiger partial charge in [-0.3, -0.25) is 37.3 Å². The number of carbonyl (C=O) groups excluding carboxylic acids is 4. The quantitative estimate of drug-likeness (QED) is 0.0222. The summed E-state index contributed by atoms with van der Waals surface area (Å²) < 4.78 is 68.1. The maximum absolute atomic E-state index is 13.0. The second-order valence-electron chi connectivity index (χ2n) is 25.9. The van der Waals surface area contributed by atoms with Gasteiger partial charge in [-0.05, 0) is 49.4 Å². The smallest absolute Gasteiger partial charge is 0.462 e. The van der Waals surface area contributed by atoms with Crippen molar-refractivity contribution >= 4 is 39.5 Å². The molecule has 6 atom stereocenters. The first-order valence-electron chi connectivity index (χ1n) is 34.7. The van der Waals surface area contributed by atoms with E-state index in [9.17, 15) is 43.2 Å². The average molecular weight is 1270 g/mol. The Morgan fingerprint density at radius 1 is 0.326 bits per heavy atom. The SMILES string of the molecule is CCC(C)CCCCCCCCCCC(=O)O[C@H](COC(=O)CCCCCCCCCCC(C)C)COP(=O)(O)OCC(O)COP(=O)(O)OC[C@@H](COC(=O)CCCCCCCCCCCCCC(C)C)OC(=O)CCCCCCCCC(C)C. The summed E-state index contributed by atoms with van der Waals surface area (Å²) in [6.45, 7) is 14.0. The zero-order chi connectivity index (χ0) is 63.9. The number of hydrogen-bond acceptors (Lipinski definition) is 15. The minimum absolute atomic E-state index is 0.101. The topological polar surface area (TPSA) is 237 Å². The van der Waals surface area contributed by atoms with Crippen molar-refractivity contribution in [2.45, 2.75) is 343 Å². The van der Waals surface area contributed by atoms with Crippen molar-refractivity contribution in [2.75, 3.05) is 39.6 Å². The zero-order valence-electron chi connectivity index (χ0n) is 55.9. The van der Waals surface area contributed by atoms with E-state index in [-0.39, 0.29) is 25.7 Å². The van der Waals surface area contributed by atoms with Crippen LogP contribution < -0.4 is 0 Å². The highest BCUT2D eigenvalue weighted by atomic mass is 31.2. The van der Waals surface area contributed by atoms with Crippen LogP contribution in [-0.2, 0) is 65.4 Å². The highest BCUT2D eigenvalue weighted by molar-refractivity contribution is 7.47. The lowest BCUT2D eigenvalue weighted by molar-refractivity contribution is -0.161. The Labute approximate surface area is 524 Å². The fraction of sp³-hybridized carbons (Fsp3) is 0.940. The van der Waals surface area contributed by atoms with Crippen molar-refractivity contribution in [3.05, 3.63) is 0 Å². The number of phosphoric acid groups is 2. The fourth-order valence-corrected chi connectivity index (χ4v) is 11.5. The van der Waals surface area contributed by atoms with Gasteiger partial charge in [0.05, 0.1) is 26.4 Å². The number of unbranched alkanes of at least 4 members (excludes halogenated alkanes) is 29. The van der Waals surface area contributed by atoms with Crippen LogP contribution in [0.25, 0.3) is 0 Å². The molecule has 0 aliphatic carbocycles. The minimum atomic E-state index is -4.95. The Balaban J connectivity index is 5.23. The van der Waals surface area contributed by atoms with Crippen LogP contribution in [0.15, 0.2) is 0 Å². The van der Waals surface area contributed by atoms with Gasteiger partial charge in [0.1, 0.15) is 19.3 Å². The normalized spacial score (nSPS) is 14.7. The van der Waals surface area contributed by atoms with E-state index in [1.165, 1.54) is 128 Å². The third-order valence-electron chi connectivity index (χ3n) is 15.7.